The molecule has 1 saturated heterocycles. The number of anilines is 1. The van der Waals surface area contributed by atoms with Crippen molar-refractivity contribution in [3.8, 4) is 0 Å². The fourth-order valence-electron chi connectivity index (χ4n) is 3.27. The molecule has 2 N–H and O–H groups in total. The quantitative estimate of drug-likeness (QED) is 0.707. The summed E-state index contributed by atoms with van der Waals surface area (Å²) >= 11 is 0. The van der Waals surface area contributed by atoms with Gasteiger partial charge in [-0.2, -0.15) is 0 Å². The minimum Gasteiger partial charge on any atom is -0.325 e. The van der Waals surface area contributed by atoms with E-state index in [9.17, 15) is 14.4 Å². The number of imide groups is 1. The molecule has 1 aliphatic heterocycles. The van der Waals surface area contributed by atoms with Crippen LogP contribution in [-0.2, 0) is 9.59 Å². The zero-order valence-corrected chi connectivity index (χ0v) is 16.5. The third kappa shape index (κ3) is 4.51. The number of rotatable bonds is 7. The molecule has 7 heteroatoms. The van der Waals surface area contributed by atoms with Crippen molar-refractivity contribution in [2.75, 3.05) is 11.9 Å². The third-order valence-corrected chi connectivity index (χ3v) is 5.06. The van der Waals surface area contributed by atoms with Crippen molar-refractivity contribution in [2.24, 2.45) is 0 Å². The Hall–Kier alpha value is -3.48. The van der Waals surface area contributed by atoms with Crippen LogP contribution in [0.5, 0.6) is 0 Å². The molecule has 0 atom stereocenters. The van der Waals surface area contributed by atoms with Crippen molar-refractivity contribution in [2.45, 2.75) is 32.2 Å². The number of benzene rings is 1. The van der Waals surface area contributed by atoms with Gasteiger partial charge in [-0.3, -0.25) is 19.5 Å². The van der Waals surface area contributed by atoms with Gasteiger partial charge in [-0.25, -0.2) is 4.79 Å². The molecule has 1 aliphatic rings. The van der Waals surface area contributed by atoms with Crippen molar-refractivity contribution in [3.63, 3.8) is 0 Å². The first-order valence-corrected chi connectivity index (χ1v) is 9.60. The van der Waals surface area contributed by atoms with Crippen LogP contribution in [0.1, 0.15) is 37.9 Å². The summed E-state index contributed by atoms with van der Waals surface area (Å²) in [5.74, 6) is -0.781. The van der Waals surface area contributed by atoms with Crippen LogP contribution >= 0.6 is 0 Å². The smallest absolute Gasteiger partial charge is 0.325 e. The lowest BCUT2D eigenvalue weighted by Crippen LogP contribution is -2.46. The highest BCUT2D eigenvalue weighted by molar-refractivity contribution is 6.10. The van der Waals surface area contributed by atoms with Crippen LogP contribution in [0.3, 0.4) is 0 Å². The zero-order chi connectivity index (χ0) is 20.9. The molecule has 0 radical (unpaired) electrons. The Bertz CT molecular complexity index is 936. The Balaban J connectivity index is 1.65. The van der Waals surface area contributed by atoms with Gasteiger partial charge < -0.3 is 10.6 Å². The number of carbonyl (C=O) groups is 3. The number of urea groups is 1. The summed E-state index contributed by atoms with van der Waals surface area (Å²) in [4.78, 5) is 42.4. The second kappa shape index (κ2) is 8.68. The van der Waals surface area contributed by atoms with E-state index in [1.807, 2.05) is 62.4 Å². The minimum atomic E-state index is -0.909. The monoisotopic (exact) mass is 392 g/mol. The topological polar surface area (TPSA) is 91.4 Å². The Morgan fingerprint density at radius 3 is 2.59 bits per heavy atom. The molecule has 0 saturated carbocycles. The SMILES string of the molecule is CCC1(CC)NC(=O)N(CC(=O)Nc2cccc(/C=C/c3ccccn3)c2)C1=O. The highest BCUT2D eigenvalue weighted by Crippen LogP contribution is 2.24. The van der Waals surface area contributed by atoms with Crippen molar-refractivity contribution in [1.82, 2.24) is 15.2 Å². The zero-order valence-electron chi connectivity index (χ0n) is 16.5. The van der Waals surface area contributed by atoms with Crippen LogP contribution in [-0.4, -0.2) is 39.8 Å². The lowest BCUT2D eigenvalue weighted by Gasteiger charge is -2.23. The summed E-state index contributed by atoms with van der Waals surface area (Å²) in [5.41, 5.74) is 1.39. The molecule has 2 aromatic rings. The minimum absolute atomic E-state index is 0.319. The average Bonchev–Trinajstić information content (AvgIpc) is 2.98. The molecule has 0 bridgehead atoms. The fraction of sp³-hybridized carbons (Fsp3) is 0.273. The van der Waals surface area contributed by atoms with E-state index in [0.29, 0.717) is 18.5 Å². The van der Waals surface area contributed by atoms with E-state index in [1.54, 1.807) is 12.3 Å². The number of hydrogen-bond donors (Lipinski definition) is 2. The molecule has 0 unspecified atom stereocenters. The lowest BCUT2D eigenvalue weighted by atomic mass is 9.93. The number of hydrogen-bond acceptors (Lipinski definition) is 4. The Labute approximate surface area is 169 Å². The number of pyridine rings is 1. The maximum Gasteiger partial charge on any atom is 0.325 e. The van der Waals surface area contributed by atoms with Crippen LogP contribution in [0, 0.1) is 0 Å². The van der Waals surface area contributed by atoms with Gasteiger partial charge in [0.15, 0.2) is 0 Å². The summed E-state index contributed by atoms with van der Waals surface area (Å²) in [5, 5.41) is 5.47. The predicted octanol–water partition coefficient (Wildman–Crippen LogP) is 3.30. The standard InChI is InChI=1S/C22H24N4O3/c1-3-22(4-2)20(28)26(21(29)25-22)15-19(27)24-18-10-7-8-16(14-18)11-12-17-9-5-6-13-23-17/h5-14H,3-4,15H2,1-2H3,(H,24,27)(H,25,29)/b12-11+. The van der Waals surface area contributed by atoms with Gasteiger partial charge in [-0.15, -0.1) is 0 Å². The second-order valence-corrected chi connectivity index (χ2v) is 6.87. The van der Waals surface area contributed by atoms with Gasteiger partial charge in [0.2, 0.25) is 5.91 Å². The normalized spacial score (nSPS) is 15.6. The van der Waals surface area contributed by atoms with E-state index in [2.05, 4.69) is 15.6 Å². The predicted molar refractivity (Wildman–Crippen MR) is 112 cm³/mol. The molecule has 1 aromatic carbocycles. The maximum absolute atomic E-state index is 12.6. The van der Waals surface area contributed by atoms with E-state index >= 15 is 0 Å². The summed E-state index contributed by atoms with van der Waals surface area (Å²) in [6, 6.07) is 12.4. The van der Waals surface area contributed by atoms with Gasteiger partial charge in [0, 0.05) is 11.9 Å². The highest BCUT2D eigenvalue weighted by Gasteiger charge is 2.49. The van der Waals surface area contributed by atoms with Crippen LogP contribution in [0.4, 0.5) is 10.5 Å². The molecular formula is C22H24N4O3. The van der Waals surface area contributed by atoms with Gasteiger partial charge in [0.1, 0.15) is 12.1 Å². The van der Waals surface area contributed by atoms with E-state index in [1.165, 1.54) is 0 Å². The molecule has 1 fully saturated rings. The van der Waals surface area contributed by atoms with E-state index < -0.39 is 17.5 Å². The summed E-state index contributed by atoms with van der Waals surface area (Å²) in [6.45, 7) is 3.37. The first kappa shape index (κ1) is 20.3. The Kier molecular flexibility index (Phi) is 6.07. The lowest BCUT2D eigenvalue weighted by molar-refractivity contribution is -0.134. The molecular weight excluding hydrogens is 368 g/mol. The number of carbonyl (C=O) groups excluding carboxylic acids is 3. The van der Waals surface area contributed by atoms with Crippen LogP contribution in [0.25, 0.3) is 12.2 Å². The number of amides is 4. The largest absolute Gasteiger partial charge is 0.325 e. The van der Waals surface area contributed by atoms with Gasteiger partial charge >= 0.3 is 6.03 Å². The van der Waals surface area contributed by atoms with Gasteiger partial charge in [0.05, 0.1) is 5.69 Å². The molecule has 1 aromatic heterocycles. The molecule has 0 aliphatic carbocycles. The fourth-order valence-corrected chi connectivity index (χ4v) is 3.27. The molecule has 0 spiro atoms. The first-order valence-electron chi connectivity index (χ1n) is 9.60. The molecule has 150 valence electrons. The summed E-state index contributed by atoms with van der Waals surface area (Å²) in [7, 11) is 0. The van der Waals surface area contributed by atoms with E-state index in [0.717, 1.165) is 16.2 Å². The Morgan fingerprint density at radius 2 is 1.93 bits per heavy atom. The maximum atomic E-state index is 12.6. The first-order chi connectivity index (χ1) is 14.0. The summed E-state index contributed by atoms with van der Waals surface area (Å²) in [6.07, 6.45) is 6.46. The number of aromatic nitrogens is 1. The number of nitrogens with zero attached hydrogens (tertiary/aromatic N) is 2. The Morgan fingerprint density at radius 1 is 1.14 bits per heavy atom. The molecule has 7 nitrogen and oxygen atoms in total. The second-order valence-electron chi connectivity index (χ2n) is 6.87. The molecule has 3 rings (SSSR count). The van der Waals surface area contributed by atoms with Crippen molar-refractivity contribution < 1.29 is 14.4 Å². The molecule has 4 amide bonds. The van der Waals surface area contributed by atoms with Crippen LogP contribution in [0.15, 0.2) is 48.7 Å². The van der Waals surface area contributed by atoms with Crippen LogP contribution < -0.4 is 10.6 Å². The van der Waals surface area contributed by atoms with Crippen molar-refractivity contribution >= 4 is 35.7 Å². The van der Waals surface area contributed by atoms with Gasteiger partial charge in [0.25, 0.3) is 5.91 Å². The molecule has 2 heterocycles. The van der Waals surface area contributed by atoms with E-state index in [-0.39, 0.29) is 12.5 Å². The third-order valence-electron chi connectivity index (χ3n) is 5.06. The van der Waals surface area contributed by atoms with E-state index in [4.69, 9.17) is 0 Å². The highest BCUT2D eigenvalue weighted by atomic mass is 16.2. The average molecular weight is 392 g/mol. The molecule has 29 heavy (non-hydrogen) atoms. The van der Waals surface area contributed by atoms with Gasteiger partial charge in [-0.1, -0.05) is 38.1 Å². The van der Waals surface area contributed by atoms with Crippen molar-refractivity contribution in [1.29, 1.82) is 0 Å². The number of nitrogens with one attached hydrogen (secondary N) is 2. The summed E-state index contributed by atoms with van der Waals surface area (Å²) < 4.78 is 0. The van der Waals surface area contributed by atoms with Crippen molar-refractivity contribution in [3.05, 3.63) is 59.9 Å². The van der Waals surface area contributed by atoms with Crippen LogP contribution in [0.2, 0.25) is 0 Å². The van der Waals surface area contributed by atoms with Gasteiger partial charge in [-0.05, 0) is 48.7 Å².